The molecule has 1 aliphatic heterocycles. The number of hydrogen-bond acceptors (Lipinski definition) is 0. The normalized spacial score (nSPS) is 24.4. The van der Waals surface area contributed by atoms with E-state index in [-0.39, 0.29) is 5.82 Å². The zero-order valence-corrected chi connectivity index (χ0v) is 12.8. The van der Waals surface area contributed by atoms with Gasteiger partial charge < -0.3 is 0 Å². The highest BCUT2D eigenvalue weighted by atomic mass is 28.3. The van der Waals surface area contributed by atoms with Crippen LogP contribution in [0.5, 0.6) is 0 Å². The maximum absolute atomic E-state index is 12.9. The summed E-state index contributed by atoms with van der Waals surface area (Å²) in [6.45, 7) is 4.66. The van der Waals surface area contributed by atoms with Crippen molar-refractivity contribution in [2.75, 3.05) is 0 Å². The Labute approximate surface area is 112 Å². The average Bonchev–Trinajstić information content (AvgIpc) is 2.38. The summed E-state index contributed by atoms with van der Waals surface area (Å²) in [5.41, 5.74) is 1.35. The minimum absolute atomic E-state index is 0.112. The van der Waals surface area contributed by atoms with E-state index in [2.05, 4.69) is 13.8 Å². The minimum atomic E-state index is -0.428. The van der Waals surface area contributed by atoms with Crippen LogP contribution < -0.4 is 0 Å². The highest BCUT2D eigenvalue weighted by Crippen LogP contribution is 2.35. The molecule has 0 atom stereocenters. The van der Waals surface area contributed by atoms with Crippen LogP contribution in [0.4, 0.5) is 4.39 Å². The van der Waals surface area contributed by atoms with Crippen molar-refractivity contribution in [1.29, 1.82) is 0 Å². The maximum Gasteiger partial charge on any atom is 0.123 e. The Balaban J connectivity index is 1.81. The van der Waals surface area contributed by atoms with Gasteiger partial charge in [0.2, 0.25) is 0 Å². The van der Waals surface area contributed by atoms with Crippen LogP contribution in [0.1, 0.15) is 44.6 Å². The molecule has 1 saturated heterocycles. The van der Waals surface area contributed by atoms with E-state index in [1.807, 2.05) is 12.1 Å². The summed E-state index contributed by atoms with van der Waals surface area (Å²) in [5.74, 6) is 1.46. The van der Waals surface area contributed by atoms with Crippen molar-refractivity contribution in [3.05, 3.63) is 35.6 Å². The molecule has 1 aliphatic rings. The van der Waals surface area contributed by atoms with Crippen molar-refractivity contribution < 1.29 is 4.39 Å². The number of benzene rings is 1. The summed E-state index contributed by atoms with van der Waals surface area (Å²) >= 11 is 0. The van der Waals surface area contributed by atoms with Gasteiger partial charge in [0.05, 0.1) is 0 Å². The van der Waals surface area contributed by atoms with Crippen molar-refractivity contribution in [3.63, 3.8) is 0 Å². The van der Waals surface area contributed by atoms with Crippen LogP contribution >= 0.6 is 0 Å². The Morgan fingerprint density at radius 3 is 2.33 bits per heavy atom. The molecule has 2 heteroatoms. The van der Waals surface area contributed by atoms with Crippen LogP contribution in [-0.4, -0.2) is 8.80 Å². The molecule has 100 valence electrons. The Morgan fingerprint density at radius 2 is 1.78 bits per heavy atom. The molecule has 2 rings (SSSR count). The van der Waals surface area contributed by atoms with E-state index in [0.29, 0.717) is 5.92 Å². The molecule has 1 aromatic rings. The third-order valence-electron chi connectivity index (χ3n) is 4.34. The number of halogens is 1. The van der Waals surface area contributed by atoms with Crippen LogP contribution in [0.25, 0.3) is 0 Å². The van der Waals surface area contributed by atoms with Crippen molar-refractivity contribution in [2.45, 2.75) is 57.2 Å². The van der Waals surface area contributed by atoms with Gasteiger partial charge in [-0.2, -0.15) is 0 Å². The molecule has 0 aromatic heterocycles. The van der Waals surface area contributed by atoms with Crippen LogP contribution in [0.3, 0.4) is 0 Å². The van der Waals surface area contributed by atoms with E-state index in [4.69, 9.17) is 0 Å². The van der Waals surface area contributed by atoms with E-state index in [1.165, 1.54) is 43.0 Å². The van der Waals surface area contributed by atoms with E-state index < -0.39 is 8.80 Å². The number of rotatable bonds is 4. The third-order valence-corrected chi connectivity index (χ3v) is 7.79. The van der Waals surface area contributed by atoms with Crippen LogP contribution in [0.2, 0.25) is 18.1 Å². The molecular weight excluding hydrogens is 239 g/mol. The van der Waals surface area contributed by atoms with E-state index in [9.17, 15) is 4.39 Å². The van der Waals surface area contributed by atoms with Gasteiger partial charge >= 0.3 is 0 Å². The fourth-order valence-corrected chi connectivity index (χ4v) is 6.84. The molecule has 0 bridgehead atoms. The predicted molar refractivity (Wildman–Crippen MR) is 79.4 cm³/mol. The van der Waals surface area contributed by atoms with Crippen LogP contribution in [0, 0.1) is 11.7 Å². The van der Waals surface area contributed by atoms with Crippen molar-refractivity contribution in [1.82, 2.24) is 0 Å². The van der Waals surface area contributed by atoms with Crippen molar-refractivity contribution in [2.24, 2.45) is 5.92 Å². The van der Waals surface area contributed by atoms with Gasteiger partial charge in [-0.05, 0) is 42.4 Å². The standard InChI is InChI=1S/C16H25FSi/c1-13(2)7-10-18-11-8-15(9-12-18)14-3-5-16(17)6-4-14/h3-6,13,15,18H,7-12H2,1-2H3/t15-,18-. The van der Waals surface area contributed by atoms with Gasteiger partial charge in [0, 0.05) is 8.80 Å². The third kappa shape index (κ3) is 3.94. The first-order valence-electron chi connectivity index (χ1n) is 7.40. The molecule has 0 N–H and O–H groups in total. The van der Waals surface area contributed by atoms with Gasteiger partial charge in [-0.3, -0.25) is 0 Å². The van der Waals surface area contributed by atoms with Crippen molar-refractivity contribution >= 4 is 8.80 Å². The molecule has 0 unspecified atom stereocenters. The number of hydrogen-bond donors (Lipinski definition) is 0. The van der Waals surface area contributed by atoms with Gasteiger partial charge in [0.15, 0.2) is 0 Å². The lowest BCUT2D eigenvalue weighted by molar-refractivity contribution is 0.584. The molecule has 0 amide bonds. The molecule has 0 nitrogen and oxygen atoms in total. The SMILES string of the molecule is CC(C)CC[Si@H]1CC[C@H](c2ccc(F)cc2)CC1. The van der Waals surface area contributed by atoms with E-state index >= 15 is 0 Å². The van der Waals surface area contributed by atoms with Gasteiger partial charge in [0.1, 0.15) is 5.82 Å². The first-order valence-corrected chi connectivity index (χ1v) is 9.85. The lowest BCUT2D eigenvalue weighted by atomic mass is 9.93. The molecular formula is C16H25FSi. The molecule has 0 saturated carbocycles. The molecule has 1 fully saturated rings. The monoisotopic (exact) mass is 264 g/mol. The molecule has 18 heavy (non-hydrogen) atoms. The summed E-state index contributed by atoms with van der Waals surface area (Å²) in [4.78, 5) is 0. The van der Waals surface area contributed by atoms with E-state index in [0.717, 1.165) is 5.92 Å². The predicted octanol–water partition coefficient (Wildman–Crippen LogP) is 4.98. The second-order valence-electron chi connectivity index (χ2n) is 6.24. The first-order chi connectivity index (χ1) is 8.65. The Hall–Kier alpha value is -0.633. The van der Waals surface area contributed by atoms with Gasteiger partial charge in [-0.25, -0.2) is 4.39 Å². The molecule has 0 radical (unpaired) electrons. The molecule has 1 heterocycles. The molecule has 1 aromatic carbocycles. The highest BCUT2D eigenvalue weighted by molar-refractivity contribution is 6.59. The van der Waals surface area contributed by atoms with Crippen molar-refractivity contribution in [3.8, 4) is 0 Å². The Bertz CT molecular complexity index is 350. The Morgan fingerprint density at radius 1 is 1.17 bits per heavy atom. The minimum Gasteiger partial charge on any atom is -0.207 e. The second kappa shape index (κ2) is 6.51. The fraction of sp³-hybridized carbons (Fsp3) is 0.625. The largest absolute Gasteiger partial charge is 0.207 e. The van der Waals surface area contributed by atoms with Gasteiger partial charge in [0.25, 0.3) is 0 Å². The lowest BCUT2D eigenvalue weighted by Crippen LogP contribution is -2.20. The van der Waals surface area contributed by atoms with Crippen LogP contribution in [0.15, 0.2) is 24.3 Å². The summed E-state index contributed by atoms with van der Waals surface area (Å²) < 4.78 is 12.9. The summed E-state index contributed by atoms with van der Waals surface area (Å²) in [5, 5.41) is 0. The topological polar surface area (TPSA) is 0 Å². The zero-order valence-electron chi connectivity index (χ0n) is 11.7. The quantitative estimate of drug-likeness (QED) is 0.673. The average molecular weight is 264 g/mol. The summed E-state index contributed by atoms with van der Waals surface area (Å²) in [6, 6.07) is 11.7. The van der Waals surface area contributed by atoms with Gasteiger partial charge in [-0.15, -0.1) is 0 Å². The smallest absolute Gasteiger partial charge is 0.123 e. The zero-order chi connectivity index (χ0) is 13.0. The molecule has 0 aliphatic carbocycles. The summed E-state index contributed by atoms with van der Waals surface area (Å²) in [6.07, 6.45) is 4.12. The fourth-order valence-electron chi connectivity index (χ4n) is 3.09. The molecule has 0 spiro atoms. The van der Waals surface area contributed by atoms with Crippen LogP contribution in [-0.2, 0) is 0 Å². The summed E-state index contributed by atoms with van der Waals surface area (Å²) in [7, 11) is -0.428. The maximum atomic E-state index is 12.9. The van der Waals surface area contributed by atoms with Gasteiger partial charge in [-0.1, -0.05) is 50.5 Å². The highest BCUT2D eigenvalue weighted by Gasteiger charge is 2.23. The lowest BCUT2D eigenvalue weighted by Gasteiger charge is -2.28. The first kappa shape index (κ1) is 13.8. The Kier molecular flexibility index (Phi) is 4.99. The second-order valence-corrected chi connectivity index (χ2v) is 9.70. The van der Waals surface area contributed by atoms with E-state index in [1.54, 1.807) is 12.1 Å².